The number of carbonyl (C=O) groups excluding carboxylic acids is 1. The van der Waals surface area contributed by atoms with E-state index in [4.69, 9.17) is 9.84 Å². The molecule has 132 valence electrons. The van der Waals surface area contributed by atoms with Crippen molar-refractivity contribution in [2.24, 2.45) is 5.92 Å². The first kappa shape index (κ1) is 17.1. The number of aliphatic hydroxyl groups excluding tert-OH is 1. The van der Waals surface area contributed by atoms with E-state index in [0.717, 1.165) is 57.4 Å². The first-order valence-electron chi connectivity index (χ1n) is 9.14. The lowest BCUT2D eigenvalue weighted by molar-refractivity contribution is 0.111. The van der Waals surface area contributed by atoms with E-state index in [9.17, 15) is 4.79 Å². The number of para-hydroxylation sites is 1. The minimum atomic E-state index is 0.0176. The van der Waals surface area contributed by atoms with Gasteiger partial charge < -0.3 is 20.1 Å². The highest BCUT2D eigenvalue weighted by Gasteiger charge is 2.32. The van der Waals surface area contributed by atoms with Crippen LogP contribution in [-0.2, 0) is 0 Å². The molecule has 1 saturated carbocycles. The Hall–Kier alpha value is -1.75. The number of nitrogens with one attached hydrogen (secondary N) is 1. The summed E-state index contributed by atoms with van der Waals surface area (Å²) in [5.74, 6) is 1.30. The van der Waals surface area contributed by atoms with Crippen molar-refractivity contribution >= 4 is 6.03 Å². The van der Waals surface area contributed by atoms with Gasteiger partial charge in [0, 0.05) is 19.7 Å². The minimum Gasteiger partial charge on any atom is -0.488 e. The molecule has 0 bridgehead atoms. The molecule has 0 radical (unpaired) electrons. The molecule has 5 heteroatoms. The number of hydrogen-bond acceptors (Lipinski definition) is 3. The van der Waals surface area contributed by atoms with E-state index in [0.29, 0.717) is 5.92 Å². The van der Waals surface area contributed by atoms with E-state index in [2.05, 4.69) is 5.32 Å². The predicted molar refractivity (Wildman–Crippen MR) is 93.0 cm³/mol. The van der Waals surface area contributed by atoms with Crippen molar-refractivity contribution in [2.75, 3.05) is 19.7 Å². The topological polar surface area (TPSA) is 61.8 Å². The molecular formula is C19H28N2O3. The Bertz CT molecular complexity index is 523. The summed E-state index contributed by atoms with van der Waals surface area (Å²) >= 11 is 0. The maximum atomic E-state index is 12.6. The van der Waals surface area contributed by atoms with E-state index in [1.807, 2.05) is 35.2 Å². The summed E-state index contributed by atoms with van der Waals surface area (Å²) in [6.45, 7) is 1.74. The maximum absolute atomic E-state index is 12.6. The first-order valence-corrected chi connectivity index (χ1v) is 9.14. The van der Waals surface area contributed by atoms with Crippen molar-refractivity contribution in [3.05, 3.63) is 30.3 Å². The molecule has 3 rings (SSSR count). The zero-order valence-electron chi connectivity index (χ0n) is 14.2. The summed E-state index contributed by atoms with van der Waals surface area (Å²) in [6.07, 6.45) is 6.04. The summed E-state index contributed by atoms with van der Waals surface area (Å²) in [4.78, 5) is 14.4. The molecule has 1 saturated heterocycles. The first-order chi connectivity index (χ1) is 11.8. The van der Waals surface area contributed by atoms with Crippen LogP contribution in [0.25, 0.3) is 0 Å². The lowest BCUT2D eigenvalue weighted by Gasteiger charge is -2.33. The molecule has 1 aromatic rings. The third-order valence-corrected chi connectivity index (χ3v) is 5.15. The van der Waals surface area contributed by atoms with Gasteiger partial charge in [0.1, 0.15) is 11.9 Å². The number of rotatable bonds is 5. The molecule has 1 aromatic carbocycles. The third-order valence-electron chi connectivity index (χ3n) is 5.15. The van der Waals surface area contributed by atoms with Crippen LogP contribution in [0.1, 0.15) is 38.5 Å². The minimum absolute atomic E-state index is 0.0176. The van der Waals surface area contributed by atoms with Gasteiger partial charge in [0.25, 0.3) is 0 Å². The van der Waals surface area contributed by atoms with Crippen molar-refractivity contribution in [1.82, 2.24) is 10.2 Å². The molecule has 0 spiro atoms. The average molecular weight is 332 g/mol. The number of ether oxygens (including phenoxy) is 1. The van der Waals surface area contributed by atoms with Gasteiger partial charge in [-0.1, -0.05) is 24.6 Å². The number of amides is 2. The van der Waals surface area contributed by atoms with E-state index in [1.165, 1.54) is 0 Å². The SMILES string of the molecule is O=C(N[C@@H]1CCCC[C@H]1Oc1ccccc1)N1CC[C@H](CCO)C1. The molecule has 0 aromatic heterocycles. The second-order valence-corrected chi connectivity index (χ2v) is 6.92. The van der Waals surface area contributed by atoms with Crippen LogP contribution < -0.4 is 10.1 Å². The largest absolute Gasteiger partial charge is 0.488 e. The highest BCUT2D eigenvalue weighted by molar-refractivity contribution is 5.75. The van der Waals surface area contributed by atoms with E-state index >= 15 is 0 Å². The Kier molecular flexibility index (Phi) is 5.96. The molecule has 2 amide bonds. The number of benzene rings is 1. The number of nitrogens with zero attached hydrogens (tertiary/aromatic N) is 1. The van der Waals surface area contributed by atoms with Crippen LogP contribution >= 0.6 is 0 Å². The lowest BCUT2D eigenvalue weighted by atomic mass is 9.92. The Morgan fingerprint density at radius 3 is 2.79 bits per heavy atom. The van der Waals surface area contributed by atoms with Gasteiger partial charge in [0.05, 0.1) is 6.04 Å². The van der Waals surface area contributed by atoms with Gasteiger partial charge in [-0.25, -0.2) is 4.79 Å². The van der Waals surface area contributed by atoms with E-state index < -0.39 is 0 Å². The van der Waals surface area contributed by atoms with Crippen LogP contribution in [0.2, 0.25) is 0 Å². The predicted octanol–water partition coefficient (Wildman–Crippen LogP) is 2.79. The standard InChI is InChI=1S/C19H28N2O3/c22-13-11-15-10-12-21(14-15)19(23)20-17-8-4-5-9-18(17)24-16-6-2-1-3-7-16/h1-3,6-7,15,17-18,22H,4-5,8-14H2,(H,20,23)/t15-,17-,18-/m1/s1. The molecule has 24 heavy (non-hydrogen) atoms. The smallest absolute Gasteiger partial charge is 0.317 e. The fraction of sp³-hybridized carbons (Fsp3) is 0.632. The quantitative estimate of drug-likeness (QED) is 0.871. The summed E-state index contributed by atoms with van der Waals surface area (Å²) < 4.78 is 6.12. The molecule has 3 atom stereocenters. The van der Waals surface area contributed by atoms with Crippen LogP contribution in [0.5, 0.6) is 5.75 Å². The van der Waals surface area contributed by atoms with Crippen molar-refractivity contribution in [3.63, 3.8) is 0 Å². The van der Waals surface area contributed by atoms with E-state index in [-0.39, 0.29) is 24.8 Å². The molecule has 5 nitrogen and oxygen atoms in total. The molecule has 1 aliphatic heterocycles. The van der Waals surface area contributed by atoms with Gasteiger partial charge in [0.15, 0.2) is 0 Å². The zero-order chi connectivity index (χ0) is 16.8. The second kappa shape index (κ2) is 8.38. The number of likely N-dealkylation sites (tertiary alicyclic amines) is 1. The third kappa shape index (κ3) is 4.41. The fourth-order valence-electron chi connectivity index (χ4n) is 3.76. The Balaban J connectivity index is 1.55. The molecule has 2 fully saturated rings. The fourth-order valence-corrected chi connectivity index (χ4v) is 3.76. The Morgan fingerprint density at radius 1 is 1.21 bits per heavy atom. The number of carbonyl (C=O) groups is 1. The van der Waals surface area contributed by atoms with Gasteiger partial charge >= 0.3 is 6.03 Å². The molecule has 2 N–H and O–H groups in total. The van der Waals surface area contributed by atoms with Crippen molar-refractivity contribution in [1.29, 1.82) is 0 Å². The highest BCUT2D eigenvalue weighted by atomic mass is 16.5. The van der Waals surface area contributed by atoms with Crippen molar-refractivity contribution in [2.45, 2.75) is 50.7 Å². The number of aliphatic hydroxyl groups is 1. The Labute approximate surface area is 144 Å². The highest BCUT2D eigenvalue weighted by Crippen LogP contribution is 2.25. The monoisotopic (exact) mass is 332 g/mol. The van der Waals surface area contributed by atoms with Crippen molar-refractivity contribution < 1.29 is 14.6 Å². The van der Waals surface area contributed by atoms with Crippen molar-refractivity contribution in [3.8, 4) is 5.75 Å². The zero-order valence-corrected chi connectivity index (χ0v) is 14.2. The molecule has 1 heterocycles. The van der Waals surface area contributed by atoms with Crippen LogP contribution in [0.15, 0.2) is 30.3 Å². The number of urea groups is 1. The molecule has 1 aliphatic carbocycles. The summed E-state index contributed by atoms with van der Waals surface area (Å²) in [7, 11) is 0. The normalized spacial score (nSPS) is 27.0. The molecular weight excluding hydrogens is 304 g/mol. The molecule has 2 aliphatic rings. The van der Waals surface area contributed by atoms with Crippen LogP contribution in [-0.4, -0.2) is 47.9 Å². The maximum Gasteiger partial charge on any atom is 0.317 e. The van der Waals surface area contributed by atoms with Crippen LogP contribution in [0, 0.1) is 5.92 Å². The second-order valence-electron chi connectivity index (χ2n) is 6.92. The van der Waals surface area contributed by atoms with Gasteiger partial charge in [-0.3, -0.25) is 0 Å². The van der Waals surface area contributed by atoms with Gasteiger partial charge in [0.2, 0.25) is 0 Å². The number of hydrogen-bond donors (Lipinski definition) is 2. The van der Waals surface area contributed by atoms with Gasteiger partial charge in [-0.2, -0.15) is 0 Å². The van der Waals surface area contributed by atoms with Crippen LogP contribution in [0.4, 0.5) is 4.79 Å². The summed E-state index contributed by atoms with van der Waals surface area (Å²) in [5.41, 5.74) is 0. The molecule has 0 unspecified atom stereocenters. The lowest BCUT2D eigenvalue weighted by Crippen LogP contribution is -2.51. The summed E-state index contributed by atoms with van der Waals surface area (Å²) in [6, 6.07) is 9.94. The van der Waals surface area contributed by atoms with Gasteiger partial charge in [-0.05, 0) is 50.2 Å². The van der Waals surface area contributed by atoms with E-state index in [1.54, 1.807) is 0 Å². The average Bonchev–Trinajstić information content (AvgIpc) is 3.07. The van der Waals surface area contributed by atoms with Crippen LogP contribution in [0.3, 0.4) is 0 Å². The summed E-state index contributed by atoms with van der Waals surface area (Å²) in [5, 5.41) is 12.2. The van der Waals surface area contributed by atoms with Gasteiger partial charge in [-0.15, -0.1) is 0 Å². The Morgan fingerprint density at radius 2 is 2.00 bits per heavy atom.